The molecule has 1 saturated heterocycles. The van der Waals surface area contributed by atoms with Gasteiger partial charge >= 0.3 is 0 Å². The summed E-state index contributed by atoms with van der Waals surface area (Å²) >= 11 is 0. The van der Waals surface area contributed by atoms with Crippen LogP contribution in [0.4, 0.5) is 0 Å². The van der Waals surface area contributed by atoms with Crippen molar-refractivity contribution in [3.63, 3.8) is 0 Å². The summed E-state index contributed by atoms with van der Waals surface area (Å²) < 4.78 is 13.9. The lowest BCUT2D eigenvalue weighted by atomic mass is 10.0. The highest BCUT2D eigenvalue weighted by atomic mass is 16.7. The van der Waals surface area contributed by atoms with Crippen molar-refractivity contribution >= 4 is 5.52 Å². The Kier molecular flexibility index (Phi) is 2.88. The van der Waals surface area contributed by atoms with E-state index in [1.54, 1.807) is 0 Å². The van der Waals surface area contributed by atoms with Gasteiger partial charge in [0.25, 0.3) is 0 Å². The zero-order valence-electron chi connectivity index (χ0n) is 11.0. The topological polar surface area (TPSA) is 22.9 Å². The molecule has 0 bridgehead atoms. The minimum absolute atomic E-state index is 0.550. The molecule has 0 spiro atoms. The van der Waals surface area contributed by atoms with Gasteiger partial charge in [-0.25, -0.2) is 0 Å². The van der Waals surface area contributed by atoms with Crippen LogP contribution in [-0.2, 0) is 21.7 Å². The van der Waals surface area contributed by atoms with Gasteiger partial charge in [0, 0.05) is 24.4 Å². The fourth-order valence-corrected chi connectivity index (χ4v) is 2.71. The second kappa shape index (κ2) is 4.41. The first-order valence-electron chi connectivity index (χ1n) is 6.67. The lowest BCUT2D eigenvalue weighted by molar-refractivity contribution is -0.166. The molecule has 2 aromatic heterocycles. The number of hydrogen-bond acceptors (Lipinski definition) is 2. The third kappa shape index (κ3) is 1.66. The van der Waals surface area contributed by atoms with E-state index in [1.807, 2.05) is 0 Å². The van der Waals surface area contributed by atoms with Crippen LogP contribution in [0.3, 0.4) is 0 Å². The maximum Gasteiger partial charge on any atom is 0.196 e. The van der Waals surface area contributed by atoms with Crippen molar-refractivity contribution in [3.8, 4) is 0 Å². The minimum Gasteiger partial charge on any atom is -0.343 e. The molecular formula is C15H19NO2. The van der Waals surface area contributed by atoms with E-state index in [0.717, 1.165) is 18.4 Å². The molecule has 0 N–H and O–H groups in total. The Labute approximate surface area is 107 Å². The van der Waals surface area contributed by atoms with E-state index in [9.17, 15) is 0 Å². The molecule has 3 nitrogen and oxygen atoms in total. The number of pyridine rings is 1. The lowest BCUT2D eigenvalue weighted by Crippen LogP contribution is -2.26. The highest BCUT2D eigenvalue weighted by Crippen LogP contribution is 2.37. The Balaban J connectivity index is 2.18. The molecule has 3 rings (SSSR count). The zero-order chi connectivity index (χ0) is 12.6. The van der Waals surface area contributed by atoms with E-state index in [2.05, 4.69) is 48.8 Å². The normalized spacial score (nSPS) is 18.6. The summed E-state index contributed by atoms with van der Waals surface area (Å²) in [4.78, 5) is 0. The molecule has 1 aliphatic rings. The molecule has 0 unspecified atom stereocenters. The zero-order valence-corrected chi connectivity index (χ0v) is 11.0. The van der Waals surface area contributed by atoms with Crippen LogP contribution >= 0.6 is 0 Å². The maximum atomic E-state index is 5.89. The number of aryl methyl sites for hydroxylation is 1. The summed E-state index contributed by atoms with van der Waals surface area (Å²) in [6, 6.07) is 6.41. The van der Waals surface area contributed by atoms with Crippen molar-refractivity contribution in [2.24, 2.45) is 0 Å². The summed E-state index contributed by atoms with van der Waals surface area (Å²) in [6.07, 6.45) is 6.13. The summed E-state index contributed by atoms with van der Waals surface area (Å²) in [5, 5.41) is 0. The van der Waals surface area contributed by atoms with Gasteiger partial charge < -0.3 is 13.9 Å². The summed E-state index contributed by atoms with van der Waals surface area (Å²) in [6.45, 7) is 5.64. The van der Waals surface area contributed by atoms with Gasteiger partial charge in [0.2, 0.25) is 0 Å². The van der Waals surface area contributed by atoms with E-state index in [0.29, 0.717) is 13.2 Å². The summed E-state index contributed by atoms with van der Waals surface area (Å²) in [5.74, 6) is -0.550. The van der Waals surface area contributed by atoms with Crippen molar-refractivity contribution in [1.82, 2.24) is 4.40 Å². The Morgan fingerprint density at radius 3 is 2.72 bits per heavy atom. The molecule has 96 valence electrons. The lowest BCUT2D eigenvalue weighted by Gasteiger charge is -2.27. The highest BCUT2D eigenvalue weighted by Gasteiger charge is 2.38. The second-order valence-electron chi connectivity index (χ2n) is 4.72. The van der Waals surface area contributed by atoms with Gasteiger partial charge in [-0.05, 0) is 24.1 Å². The van der Waals surface area contributed by atoms with Gasteiger partial charge in [-0.2, -0.15) is 0 Å². The van der Waals surface area contributed by atoms with E-state index in [4.69, 9.17) is 9.47 Å². The fourth-order valence-electron chi connectivity index (χ4n) is 2.71. The minimum atomic E-state index is -0.550. The van der Waals surface area contributed by atoms with E-state index >= 15 is 0 Å². The average Bonchev–Trinajstić information content (AvgIpc) is 3.05. The predicted octanol–water partition coefficient (Wildman–Crippen LogP) is 3.11. The van der Waals surface area contributed by atoms with Crippen LogP contribution in [0.1, 0.15) is 31.4 Å². The van der Waals surface area contributed by atoms with Crippen LogP contribution in [0.25, 0.3) is 5.52 Å². The molecule has 18 heavy (non-hydrogen) atoms. The van der Waals surface area contributed by atoms with Gasteiger partial charge in [0.15, 0.2) is 5.79 Å². The Morgan fingerprint density at radius 1 is 1.28 bits per heavy atom. The van der Waals surface area contributed by atoms with Crippen LogP contribution in [0.5, 0.6) is 0 Å². The second-order valence-corrected chi connectivity index (χ2v) is 4.72. The first-order chi connectivity index (χ1) is 8.79. The standard InChI is InChI=1S/C15H19NO2/c1-3-12-10-14-13(6-5-7-16(14)11-12)15(4-2)17-8-9-18-15/h5-7,10-11H,3-4,8-9H2,1-2H3. The molecule has 0 aromatic carbocycles. The Hall–Kier alpha value is -1.32. The molecule has 3 heterocycles. The Bertz CT molecular complexity index is 553. The quantitative estimate of drug-likeness (QED) is 0.829. The molecule has 1 aliphatic heterocycles. The number of fused-ring (bicyclic) bond motifs is 1. The first kappa shape index (κ1) is 11.8. The van der Waals surface area contributed by atoms with E-state index in [-0.39, 0.29) is 0 Å². The van der Waals surface area contributed by atoms with Gasteiger partial charge in [0.1, 0.15) is 0 Å². The number of aromatic nitrogens is 1. The van der Waals surface area contributed by atoms with Crippen molar-refractivity contribution < 1.29 is 9.47 Å². The first-order valence-corrected chi connectivity index (χ1v) is 6.67. The summed E-state index contributed by atoms with van der Waals surface area (Å²) in [5.41, 5.74) is 3.68. The average molecular weight is 245 g/mol. The van der Waals surface area contributed by atoms with Crippen LogP contribution < -0.4 is 0 Å². The molecule has 0 radical (unpaired) electrons. The van der Waals surface area contributed by atoms with Crippen molar-refractivity contribution in [2.45, 2.75) is 32.5 Å². The van der Waals surface area contributed by atoms with E-state index < -0.39 is 5.79 Å². The third-order valence-electron chi connectivity index (χ3n) is 3.73. The number of nitrogens with zero attached hydrogens (tertiary/aromatic N) is 1. The third-order valence-corrected chi connectivity index (χ3v) is 3.73. The van der Waals surface area contributed by atoms with Gasteiger partial charge in [-0.15, -0.1) is 0 Å². The molecule has 3 heteroatoms. The van der Waals surface area contributed by atoms with Crippen molar-refractivity contribution in [2.75, 3.05) is 13.2 Å². The molecule has 0 aliphatic carbocycles. The molecule has 0 saturated carbocycles. The van der Waals surface area contributed by atoms with Crippen LogP contribution in [0, 0.1) is 0 Å². The van der Waals surface area contributed by atoms with Crippen LogP contribution in [0.15, 0.2) is 30.6 Å². The van der Waals surface area contributed by atoms with Gasteiger partial charge in [0.05, 0.1) is 18.7 Å². The smallest absolute Gasteiger partial charge is 0.196 e. The van der Waals surface area contributed by atoms with Gasteiger partial charge in [-0.3, -0.25) is 0 Å². The monoisotopic (exact) mass is 245 g/mol. The Morgan fingerprint density at radius 2 is 2.06 bits per heavy atom. The maximum absolute atomic E-state index is 5.89. The SMILES string of the molecule is CCc1cc2c(C3(CC)OCCO3)cccn2c1. The predicted molar refractivity (Wildman–Crippen MR) is 70.6 cm³/mol. The number of rotatable bonds is 3. The largest absolute Gasteiger partial charge is 0.343 e. The van der Waals surface area contributed by atoms with Crippen LogP contribution in [0.2, 0.25) is 0 Å². The molecule has 1 fully saturated rings. The van der Waals surface area contributed by atoms with Crippen LogP contribution in [-0.4, -0.2) is 17.6 Å². The summed E-state index contributed by atoms with van der Waals surface area (Å²) in [7, 11) is 0. The number of ether oxygens (including phenoxy) is 2. The van der Waals surface area contributed by atoms with Gasteiger partial charge in [-0.1, -0.05) is 19.9 Å². The van der Waals surface area contributed by atoms with Crippen molar-refractivity contribution in [1.29, 1.82) is 0 Å². The molecule has 0 atom stereocenters. The van der Waals surface area contributed by atoms with Crippen molar-refractivity contribution in [3.05, 3.63) is 41.7 Å². The van der Waals surface area contributed by atoms with E-state index in [1.165, 1.54) is 11.1 Å². The highest BCUT2D eigenvalue weighted by molar-refractivity contribution is 5.59. The fraction of sp³-hybridized carbons (Fsp3) is 0.467. The molecular weight excluding hydrogens is 226 g/mol. The number of hydrogen-bond donors (Lipinski definition) is 0. The molecule has 0 amide bonds. The molecule has 2 aromatic rings.